The second-order valence-corrected chi connectivity index (χ2v) is 3.84. The maximum Gasteiger partial charge on any atom is 0.168 e. The number of thiocarbonyl (C=S) groups is 1. The summed E-state index contributed by atoms with van der Waals surface area (Å²) in [5, 5.41) is 6.58. The number of nitrogens with one attached hydrogen (secondary N) is 2. The molecule has 1 aliphatic heterocycles. The van der Waals surface area contributed by atoms with Crippen molar-refractivity contribution in [2.24, 2.45) is 5.73 Å². The first-order chi connectivity index (χ1) is 6.75. The smallest absolute Gasteiger partial charge is 0.168 e. The predicted octanol–water partition coefficient (Wildman–Crippen LogP) is 0.988. The molecule has 2 rings (SSSR count). The Morgan fingerprint density at radius 1 is 1.43 bits per heavy atom. The van der Waals surface area contributed by atoms with Crippen LogP contribution in [0.4, 0.5) is 5.69 Å². The molecule has 0 fully saturated rings. The van der Waals surface area contributed by atoms with E-state index in [1.165, 1.54) is 11.1 Å². The molecule has 74 valence electrons. The average Bonchev–Trinajstić information content (AvgIpc) is 2.17. The van der Waals surface area contributed by atoms with E-state index in [0.717, 1.165) is 25.2 Å². The fraction of sp³-hybridized carbons (Fsp3) is 0.300. The van der Waals surface area contributed by atoms with Crippen molar-refractivity contribution in [2.45, 2.75) is 13.0 Å². The van der Waals surface area contributed by atoms with E-state index in [1.54, 1.807) is 0 Å². The molecule has 1 aromatic carbocycles. The molecule has 0 aromatic heterocycles. The third-order valence-electron chi connectivity index (χ3n) is 2.36. The fourth-order valence-electron chi connectivity index (χ4n) is 1.70. The van der Waals surface area contributed by atoms with Gasteiger partial charge < -0.3 is 16.4 Å². The van der Waals surface area contributed by atoms with Crippen LogP contribution in [0.3, 0.4) is 0 Å². The van der Waals surface area contributed by atoms with Gasteiger partial charge >= 0.3 is 0 Å². The number of hydrogen-bond acceptors (Lipinski definition) is 2. The Morgan fingerprint density at radius 2 is 2.29 bits per heavy atom. The quantitative estimate of drug-likeness (QED) is 0.601. The number of anilines is 1. The normalized spacial score (nSPS) is 14.6. The zero-order valence-electron chi connectivity index (χ0n) is 7.84. The Bertz CT molecular complexity index is 362. The maximum absolute atomic E-state index is 5.41. The lowest BCUT2D eigenvalue weighted by Crippen LogP contribution is -2.24. The lowest BCUT2D eigenvalue weighted by atomic mass is 10.0. The third-order valence-corrected chi connectivity index (χ3v) is 2.46. The molecule has 3 nitrogen and oxygen atoms in total. The second-order valence-electron chi connectivity index (χ2n) is 3.40. The van der Waals surface area contributed by atoms with Crippen molar-refractivity contribution in [3.05, 3.63) is 29.3 Å². The van der Waals surface area contributed by atoms with E-state index in [-0.39, 0.29) is 0 Å². The van der Waals surface area contributed by atoms with Gasteiger partial charge in [-0.25, -0.2) is 0 Å². The van der Waals surface area contributed by atoms with E-state index in [2.05, 4.69) is 22.8 Å². The molecule has 0 saturated carbocycles. The Labute approximate surface area is 88.7 Å². The van der Waals surface area contributed by atoms with Crippen LogP contribution in [0.1, 0.15) is 11.1 Å². The maximum atomic E-state index is 5.41. The third kappa shape index (κ3) is 2.02. The highest BCUT2D eigenvalue weighted by molar-refractivity contribution is 7.80. The first kappa shape index (κ1) is 9.43. The average molecular weight is 207 g/mol. The minimum absolute atomic E-state index is 0.314. The van der Waals surface area contributed by atoms with Crippen molar-refractivity contribution < 1.29 is 0 Å². The van der Waals surface area contributed by atoms with E-state index in [4.69, 9.17) is 18.0 Å². The van der Waals surface area contributed by atoms with Gasteiger partial charge in [0, 0.05) is 12.2 Å². The predicted molar refractivity (Wildman–Crippen MR) is 62.3 cm³/mol. The Kier molecular flexibility index (Phi) is 2.65. The van der Waals surface area contributed by atoms with Crippen LogP contribution in [0.15, 0.2) is 18.2 Å². The van der Waals surface area contributed by atoms with Crippen molar-refractivity contribution in [2.75, 3.05) is 11.9 Å². The first-order valence-electron chi connectivity index (χ1n) is 4.65. The summed E-state index contributed by atoms with van der Waals surface area (Å²) in [5.74, 6) is 0. The molecule has 1 aliphatic rings. The van der Waals surface area contributed by atoms with Crippen LogP contribution in [0.2, 0.25) is 0 Å². The fourth-order valence-corrected chi connectivity index (χ4v) is 1.82. The molecule has 0 unspecified atom stereocenters. The molecule has 14 heavy (non-hydrogen) atoms. The second kappa shape index (κ2) is 3.94. The van der Waals surface area contributed by atoms with Crippen molar-refractivity contribution >= 4 is 23.0 Å². The van der Waals surface area contributed by atoms with Crippen molar-refractivity contribution in [1.82, 2.24) is 5.32 Å². The van der Waals surface area contributed by atoms with Crippen LogP contribution in [-0.2, 0) is 13.0 Å². The van der Waals surface area contributed by atoms with E-state index in [9.17, 15) is 0 Å². The molecule has 4 heteroatoms. The minimum Gasteiger partial charge on any atom is -0.376 e. The topological polar surface area (TPSA) is 50.1 Å². The van der Waals surface area contributed by atoms with Gasteiger partial charge in [0.05, 0.1) is 0 Å². The highest BCUT2D eigenvalue weighted by Crippen LogP contribution is 2.18. The Morgan fingerprint density at radius 3 is 3.07 bits per heavy atom. The summed E-state index contributed by atoms with van der Waals surface area (Å²) in [4.78, 5) is 0. The number of fused-ring (bicyclic) bond motifs is 1. The molecule has 0 spiro atoms. The zero-order valence-corrected chi connectivity index (χ0v) is 8.66. The number of rotatable bonds is 1. The molecule has 0 radical (unpaired) electrons. The molecule has 0 saturated heterocycles. The van der Waals surface area contributed by atoms with Crippen molar-refractivity contribution in [3.8, 4) is 0 Å². The standard InChI is InChI=1S/C10H13N3S/c11-10(14)13-9-2-1-7-3-4-12-6-8(7)5-9/h1-2,5,12H,3-4,6H2,(H3,11,13,14). The van der Waals surface area contributed by atoms with Crippen LogP contribution in [0.25, 0.3) is 0 Å². The lowest BCUT2D eigenvalue weighted by molar-refractivity contribution is 0.644. The first-order valence-corrected chi connectivity index (χ1v) is 5.05. The number of nitrogens with two attached hydrogens (primary N) is 1. The lowest BCUT2D eigenvalue weighted by Gasteiger charge is -2.18. The summed E-state index contributed by atoms with van der Waals surface area (Å²) in [5.41, 5.74) is 9.12. The van der Waals surface area contributed by atoms with Gasteiger partial charge in [-0.1, -0.05) is 6.07 Å². The summed E-state index contributed by atoms with van der Waals surface area (Å²) in [6.45, 7) is 2.00. The van der Waals surface area contributed by atoms with Crippen molar-refractivity contribution in [1.29, 1.82) is 0 Å². The molecule has 1 heterocycles. The van der Waals surface area contributed by atoms with Gasteiger partial charge in [-0.15, -0.1) is 0 Å². The summed E-state index contributed by atoms with van der Waals surface area (Å²) in [6.07, 6.45) is 1.10. The Hall–Kier alpha value is -1.13. The molecular weight excluding hydrogens is 194 g/mol. The van der Waals surface area contributed by atoms with Gasteiger partial charge in [-0.2, -0.15) is 0 Å². The van der Waals surface area contributed by atoms with Crippen molar-refractivity contribution in [3.63, 3.8) is 0 Å². The minimum atomic E-state index is 0.314. The monoisotopic (exact) mass is 207 g/mol. The number of benzene rings is 1. The molecule has 0 amide bonds. The van der Waals surface area contributed by atoms with E-state index in [0.29, 0.717) is 5.11 Å². The molecule has 0 aliphatic carbocycles. The van der Waals surface area contributed by atoms with Crippen LogP contribution in [0, 0.1) is 0 Å². The van der Waals surface area contributed by atoms with Crippen LogP contribution in [-0.4, -0.2) is 11.7 Å². The molecule has 0 atom stereocenters. The van der Waals surface area contributed by atoms with E-state index in [1.807, 2.05) is 6.07 Å². The molecule has 0 bridgehead atoms. The molecule has 4 N–H and O–H groups in total. The van der Waals surface area contributed by atoms with Gasteiger partial charge in [0.15, 0.2) is 5.11 Å². The van der Waals surface area contributed by atoms with E-state index >= 15 is 0 Å². The SMILES string of the molecule is NC(=S)Nc1ccc2c(c1)CNCC2. The summed E-state index contributed by atoms with van der Waals surface area (Å²) in [6, 6.07) is 6.25. The highest BCUT2D eigenvalue weighted by atomic mass is 32.1. The Balaban J connectivity index is 2.24. The van der Waals surface area contributed by atoms with Crippen LogP contribution in [0.5, 0.6) is 0 Å². The summed E-state index contributed by atoms with van der Waals surface area (Å²) in [7, 11) is 0. The summed E-state index contributed by atoms with van der Waals surface area (Å²) < 4.78 is 0. The van der Waals surface area contributed by atoms with Gasteiger partial charge in [0.2, 0.25) is 0 Å². The van der Waals surface area contributed by atoms with Crippen LogP contribution < -0.4 is 16.4 Å². The summed E-state index contributed by atoms with van der Waals surface area (Å²) >= 11 is 4.78. The molecular formula is C10H13N3S. The van der Waals surface area contributed by atoms with Gasteiger partial charge in [-0.3, -0.25) is 0 Å². The van der Waals surface area contributed by atoms with Gasteiger partial charge in [0.25, 0.3) is 0 Å². The molecule has 1 aromatic rings. The zero-order chi connectivity index (χ0) is 9.97. The van der Waals surface area contributed by atoms with Crippen LogP contribution >= 0.6 is 12.2 Å². The highest BCUT2D eigenvalue weighted by Gasteiger charge is 2.08. The van der Waals surface area contributed by atoms with E-state index < -0.39 is 0 Å². The van der Waals surface area contributed by atoms with Gasteiger partial charge in [0.1, 0.15) is 0 Å². The largest absolute Gasteiger partial charge is 0.376 e. The number of hydrogen-bond donors (Lipinski definition) is 3. The van der Waals surface area contributed by atoms with Gasteiger partial charge in [-0.05, 0) is 48.4 Å².